The smallest absolute Gasteiger partial charge is 0.409 e. The fourth-order valence-corrected chi connectivity index (χ4v) is 5.64. The van der Waals surface area contributed by atoms with Gasteiger partial charge in [0.05, 0.1) is 5.56 Å². The van der Waals surface area contributed by atoms with Crippen LogP contribution in [0.2, 0.25) is 0 Å². The summed E-state index contributed by atoms with van der Waals surface area (Å²) >= 11 is 2.15. The van der Waals surface area contributed by atoms with Crippen molar-refractivity contribution in [1.82, 2.24) is 4.90 Å². The van der Waals surface area contributed by atoms with E-state index in [0.717, 1.165) is 14.8 Å². The summed E-state index contributed by atoms with van der Waals surface area (Å²) in [7, 11) is 0. The van der Waals surface area contributed by atoms with Crippen molar-refractivity contribution in [2.24, 2.45) is 0 Å². The number of nitrogens with zero attached hydrogens (tertiary/aromatic N) is 2. The first-order valence-corrected chi connectivity index (χ1v) is 12.4. The fraction of sp³-hybridized carbons (Fsp3) is 0.259. The second-order valence-corrected chi connectivity index (χ2v) is 9.93. The number of aromatic carboxylic acids is 1. The number of fused-ring (bicyclic) bond motifs is 3. The zero-order chi connectivity index (χ0) is 23.8. The molecule has 0 spiro atoms. The molecule has 1 heterocycles. The van der Waals surface area contributed by atoms with Crippen LogP contribution in [0.4, 0.5) is 10.5 Å². The van der Waals surface area contributed by atoms with Gasteiger partial charge in [0.15, 0.2) is 0 Å². The number of carbonyl (C=O) groups is 2. The van der Waals surface area contributed by atoms with Gasteiger partial charge in [0.1, 0.15) is 6.61 Å². The highest BCUT2D eigenvalue weighted by atomic mass is 127. The molecule has 0 radical (unpaired) electrons. The first-order chi connectivity index (χ1) is 16.4. The lowest BCUT2D eigenvalue weighted by Gasteiger charge is -2.36. The van der Waals surface area contributed by atoms with Crippen LogP contribution in [0.3, 0.4) is 0 Å². The second-order valence-electron chi connectivity index (χ2n) is 8.68. The summed E-state index contributed by atoms with van der Waals surface area (Å²) in [6.45, 7) is 4.47. The van der Waals surface area contributed by atoms with E-state index in [0.29, 0.717) is 38.3 Å². The van der Waals surface area contributed by atoms with E-state index in [1.807, 2.05) is 37.3 Å². The van der Waals surface area contributed by atoms with Crippen LogP contribution < -0.4 is 4.90 Å². The van der Waals surface area contributed by atoms with Crippen LogP contribution in [0.5, 0.6) is 0 Å². The third-order valence-electron chi connectivity index (χ3n) is 6.79. The lowest BCUT2D eigenvalue weighted by atomic mass is 9.98. The molecule has 3 aromatic carbocycles. The third-order valence-corrected chi connectivity index (χ3v) is 7.41. The average Bonchev–Trinajstić information content (AvgIpc) is 3.17. The minimum atomic E-state index is -0.922. The molecule has 1 aliphatic heterocycles. The number of ether oxygens (including phenoxy) is 1. The van der Waals surface area contributed by atoms with E-state index >= 15 is 0 Å². The van der Waals surface area contributed by atoms with Gasteiger partial charge in [0.2, 0.25) is 0 Å². The lowest BCUT2D eigenvalue weighted by molar-refractivity contribution is 0.0696. The maximum Gasteiger partial charge on any atom is 0.409 e. The second kappa shape index (κ2) is 9.29. The molecule has 5 rings (SSSR count). The predicted molar refractivity (Wildman–Crippen MR) is 140 cm³/mol. The number of amides is 1. The van der Waals surface area contributed by atoms with Crippen LogP contribution in [0.15, 0.2) is 60.7 Å². The summed E-state index contributed by atoms with van der Waals surface area (Å²) < 4.78 is 6.69. The van der Waals surface area contributed by atoms with Crippen molar-refractivity contribution in [3.63, 3.8) is 0 Å². The highest BCUT2D eigenvalue weighted by Crippen LogP contribution is 2.44. The molecule has 34 heavy (non-hydrogen) atoms. The number of piperazine rings is 1. The number of carbonyl (C=O) groups excluding carboxylic acids is 1. The van der Waals surface area contributed by atoms with E-state index in [9.17, 15) is 14.7 Å². The van der Waals surface area contributed by atoms with Crippen molar-refractivity contribution in [2.45, 2.75) is 12.8 Å². The van der Waals surface area contributed by atoms with E-state index in [2.05, 4.69) is 51.8 Å². The topological polar surface area (TPSA) is 70.1 Å². The van der Waals surface area contributed by atoms with E-state index in [1.54, 1.807) is 11.0 Å². The SMILES string of the molecule is Cc1c(C(=O)O)cc(I)cc1N1CCN(C(=O)OCC2c3ccccc3-c3ccccc32)CC1. The van der Waals surface area contributed by atoms with Gasteiger partial charge in [0, 0.05) is 41.4 Å². The van der Waals surface area contributed by atoms with Crippen LogP contribution >= 0.6 is 22.6 Å². The standard InChI is InChI=1S/C27H25IN2O4/c1-17-23(26(31)32)14-18(28)15-25(17)29-10-12-30(13-11-29)27(33)34-16-24-21-8-4-2-6-19(21)20-7-3-5-9-22(20)24/h2-9,14-15,24H,10-13,16H2,1H3,(H,31,32). The average molecular weight is 568 g/mol. The summed E-state index contributed by atoms with van der Waals surface area (Å²) in [4.78, 5) is 28.4. The van der Waals surface area contributed by atoms with Gasteiger partial charge in [0.25, 0.3) is 0 Å². The Morgan fingerprint density at radius 1 is 0.971 bits per heavy atom. The van der Waals surface area contributed by atoms with E-state index in [-0.39, 0.29) is 12.0 Å². The number of rotatable bonds is 4. The molecular weight excluding hydrogens is 543 g/mol. The minimum absolute atomic E-state index is 0.0427. The molecule has 0 atom stereocenters. The number of benzene rings is 3. The molecular formula is C27H25IN2O4. The fourth-order valence-electron chi connectivity index (χ4n) is 5.03. The summed E-state index contributed by atoms with van der Waals surface area (Å²) in [5.74, 6) is -0.879. The monoisotopic (exact) mass is 568 g/mol. The summed E-state index contributed by atoms with van der Waals surface area (Å²) in [5, 5.41) is 9.51. The zero-order valence-electron chi connectivity index (χ0n) is 18.8. The molecule has 1 N–H and O–H groups in total. The Labute approximate surface area is 212 Å². The largest absolute Gasteiger partial charge is 0.478 e. The highest BCUT2D eigenvalue weighted by molar-refractivity contribution is 14.1. The lowest BCUT2D eigenvalue weighted by Crippen LogP contribution is -2.49. The van der Waals surface area contributed by atoms with Crippen molar-refractivity contribution < 1.29 is 19.4 Å². The van der Waals surface area contributed by atoms with Crippen LogP contribution in [0.1, 0.15) is 33.0 Å². The molecule has 1 fully saturated rings. The van der Waals surface area contributed by atoms with Crippen LogP contribution in [-0.2, 0) is 4.74 Å². The van der Waals surface area contributed by atoms with E-state index < -0.39 is 5.97 Å². The van der Waals surface area contributed by atoms with Crippen molar-refractivity contribution in [1.29, 1.82) is 0 Å². The Balaban J connectivity index is 1.24. The summed E-state index contributed by atoms with van der Waals surface area (Å²) in [6.07, 6.45) is -0.299. The molecule has 1 amide bonds. The molecule has 2 aliphatic rings. The maximum atomic E-state index is 12.9. The molecule has 3 aromatic rings. The minimum Gasteiger partial charge on any atom is -0.478 e. The number of carboxylic acids is 1. The molecule has 0 saturated carbocycles. The normalized spacial score (nSPS) is 15.1. The van der Waals surface area contributed by atoms with Crippen LogP contribution in [0.25, 0.3) is 11.1 Å². The van der Waals surface area contributed by atoms with Gasteiger partial charge in [-0.25, -0.2) is 9.59 Å². The molecule has 0 unspecified atom stereocenters. The van der Waals surface area contributed by atoms with Crippen molar-refractivity contribution >= 4 is 40.3 Å². The summed E-state index contributed by atoms with van der Waals surface area (Å²) in [6, 6.07) is 20.3. The number of halogens is 1. The predicted octanol–water partition coefficient (Wildman–Crippen LogP) is 5.37. The third kappa shape index (κ3) is 4.13. The maximum absolute atomic E-state index is 12.9. The molecule has 0 aromatic heterocycles. The van der Waals surface area contributed by atoms with Gasteiger partial charge >= 0.3 is 12.1 Å². The molecule has 0 bridgehead atoms. The molecule has 6 nitrogen and oxygen atoms in total. The molecule has 1 saturated heterocycles. The Morgan fingerprint density at radius 3 is 2.15 bits per heavy atom. The number of hydrogen-bond donors (Lipinski definition) is 1. The van der Waals surface area contributed by atoms with Gasteiger partial charge < -0.3 is 19.6 Å². The van der Waals surface area contributed by atoms with E-state index in [1.165, 1.54) is 22.3 Å². The molecule has 1 aliphatic carbocycles. The van der Waals surface area contributed by atoms with Crippen LogP contribution in [-0.4, -0.2) is 54.9 Å². The Kier molecular flexibility index (Phi) is 6.20. The van der Waals surface area contributed by atoms with Crippen molar-refractivity contribution in [2.75, 3.05) is 37.7 Å². The Bertz CT molecular complexity index is 1220. The van der Waals surface area contributed by atoms with Crippen LogP contribution in [0, 0.1) is 10.5 Å². The van der Waals surface area contributed by atoms with Gasteiger partial charge in [-0.05, 0) is 69.5 Å². The number of hydrogen-bond acceptors (Lipinski definition) is 4. The zero-order valence-corrected chi connectivity index (χ0v) is 21.0. The Hall–Kier alpha value is -3.07. The first kappa shape index (κ1) is 22.7. The van der Waals surface area contributed by atoms with E-state index in [4.69, 9.17) is 4.74 Å². The van der Waals surface area contributed by atoms with Crippen molar-refractivity contribution in [3.8, 4) is 11.1 Å². The molecule has 174 valence electrons. The van der Waals surface area contributed by atoms with Gasteiger partial charge in [-0.2, -0.15) is 0 Å². The van der Waals surface area contributed by atoms with Gasteiger partial charge in [-0.1, -0.05) is 48.5 Å². The number of anilines is 1. The van der Waals surface area contributed by atoms with Gasteiger partial charge in [-0.15, -0.1) is 0 Å². The quantitative estimate of drug-likeness (QED) is 0.429. The highest BCUT2D eigenvalue weighted by Gasteiger charge is 2.30. The summed E-state index contributed by atoms with van der Waals surface area (Å²) in [5.41, 5.74) is 6.80. The van der Waals surface area contributed by atoms with Crippen molar-refractivity contribution in [3.05, 3.63) is 86.5 Å². The first-order valence-electron chi connectivity index (χ1n) is 11.3. The van der Waals surface area contributed by atoms with Gasteiger partial charge in [-0.3, -0.25) is 0 Å². The molecule has 7 heteroatoms. The number of carboxylic acid groups (broad SMARTS) is 1. The Morgan fingerprint density at radius 2 is 1.56 bits per heavy atom.